The zero-order valence-corrected chi connectivity index (χ0v) is 16.3. The van der Waals surface area contributed by atoms with E-state index in [1.165, 1.54) is 0 Å². The highest BCUT2D eigenvalue weighted by molar-refractivity contribution is 9.10. The Morgan fingerprint density at radius 1 is 1.35 bits per heavy atom. The minimum Gasteiger partial charge on any atom is -0.377 e. The number of ether oxygens (including phenoxy) is 2. The molecule has 1 amide bonds. The Kier molecular flexibility index (Phi) is 6.24. The normalized spacial score (nSPS) is 26.2. The van der Waals surface area contributed by atoms with Gasteiger partial charge < -0.3 is 20.1 Å². The SMILES string of the molecule is C=CCOCc1ccc(Br)nc1NC(=O)[C@@H]1C[C@@]2(COCC=C)C[C@@H]2N1. The molecule has 2 heterocycles. The van der Waals surface area contributed by atoms with Crippen LogP contribution in [0.15, 0.2) is 42.0 Å². The van der Waals surface area contributed by atoms with Crippen LogP contribution in [-0.4, -0.2) is 42.8 Å². The van der Waals surface area contributed by atoms with Gasteiger partial charge in [-0.1, -0.05) is 18.2 Å². The number of rotatable bonds is 10. The van der Waals surface area contributed by atoms with E-state index in [4.69, 9.17) is 9.47 Å². The predicted octanol–water partition coefficient (Wildman–Crippen LogP) is 2.81. The second kappa shape index (κ2) is 8.43. The van der Waals surface area contributed by atoms with Crippen molar-refractivity contribution in [2.45, 2.75) is 31.5 Å². The van der Waals surface area contributed by atoms with Gasteiger partial charge in [0.05, 0.1) is 32.5 Å². The number of halogens is 1. The summed E-state index contributed by atoms with van der Waals surface area (Å²) in [6, 6.07) is 3.84. The van der Waals surface area contributed by atoms with Crippen molar-refractivity contribution in [3.8, 4) is 0 Å². The number of piperidine rings is 1. The van der Waals surface area contributed by atoms with Crippen LogP contribution in [0.25, 0.3) is 0 Å². The number of pyridine rings is 1. The molecule has 2 aliphatic rings. The van der Waals surface area contributed by atoms with Crippen molar-refractivity contribution in [1.82, 2.24) is 10.3 Å². The van der Waals surface area contributed by atoms with Crippen molar-refractivity contribution < 1.29 is 14.3 Å². The standard InChI is InChI=1S/C19H24BrN3O3/c1-3-7-25-11-13-5-6-16(20)22-17(13)23-18(24)14-9-19(10-15(19)21-14)12-26-8-4-2/h3-6,14-15,21H,1-2,7-12H2,(H,22,23,24)/t14-,15-,19-/m0/s1. The first-order chi connectivity index (χ1) is 12.6. The molecule has 0 aromatic carbocycles. The number of nitrogens with one attached hydrogen (secondary N) is 2. The van der Waals surface area contributed by atoms with Crippen LogP contribution in [0, 0.1) is 5.41 Å². The van der Waals surface area contributed by atoms with Gasteiger partial charge in [0.1, 0.15) is 10.4 Å². The van der Waals surface area contributed by atoms with E-state index in [-0.39, 0.29) is 17.4 Å². The summed E-state index contributed by atoms with van der Waals surface area (Å²) in [6.45, 7) is 9.31. The molecular formula is C19H24BrN3O3. The Morgan fingerprint density at radius 2 is 2.12 bits per heavy atom. The Hall–Kier alpha value is -1.54. The first-order valence-corrected chi connectivity index (χ1v) is 9.47. The molecule has 2 N–H and O–H groups in total. The van der Waals surface area contributed by atoms with Gasteiger partial charge in [-0.2, -0.15) is 0 Å². The molecular weight excluding hydrogens is 398 g/mol. The summed E-state index contributed by atoms with van der Waals surface area (Å²) in [6.07, 6.45) is 5.27. The molecule has 1 aliphatic carbocycles. The minimum absolute atomic E-state index is 0.0733. The van der Waals surface area contributed by atoms with Gasteiger partial charge in [-0.25, -0.2) is 4.98 Å². The van der Waals surface area contributed by atoms with E-state index < -0.39 is 0 Å². The third kappa shape index (κ3) is 4.40. The smallest absolute Gasteiger partial charge is 0.242 e. The summed E-state index contributed by atoms with van der Waals surface area (Å²) < 4.78 is 11.8. The first-order valence-electron chi connectivity index (χ1n) is 8.67. The molecule has 7 heteroatoms. The molecule has 2 fully saturated rings. The van der Waals surface area contributed by atoms with Crippen molar-refractivity contribution in [2.24, 2.45) is 5.41 Å². The Labute approximate surface area is 162 Å². The van der Waals surface area contributed by atoms with E-state index in [1.807, 2.05) is 12.1 Å². The molecule has 0 radical (unpaired) electrons. The average molecular weight is 422 g/mol. The molecule has 1 saturated heterocycles. The number of fused-ring (bicyclic) bond motifs is 1. The predicted molar refractivity (Wildman–Crippen MR) is 104 cm³/mol. The third-order valence-electron chi connectivity index (χ3n) is 4.82. The molecule has 0 bridgehead atoms. The minimum atomic E-state index is -0.233. The summed E-state index contributed by atoms with van der Waals surface area (Å²) in [5.41, 5.74) is 0.918. The maximum atomic E-state index is 12.7. The lowest BCUT2D eigenvalue weighted by atomic mass is 10.0. The number of aromatic nitrogens is 1. The number of hydrogen-bond donors (Lipinski definition) is 2. The van der Waals surface area contributed by atoms with Gasteiger partial charge in [0.25, 0.3) is 0 Å². The van der Waals surface area contributed by atoms with E-state index in [9.17, 15) is 4.79 Å². The summed E-state index contributed by atoms with van der Waals surface area (Å²) in [4.78, 5) is 17.1. The van der Waals surface area contributed by atoms with Gasteiger partial charge >= 0.3 is 0 Å². The monoisotopic (exact) mass is 421 g/mol. The molecule has 3 rings (SSSR count). The fourth-order valence-corrected chi connectivity index (χ4v) is 3.70. The lowest BCUT2D eigenvalue weighted by Crippen LogP contribution is -2.38. The van der Waals surface area contributed by atoms with Crippen LogP contribution in [0.3, 0.4) is 0 Å². The topological polar surface area (TPSA) is 72.5 Å². The lowest BCUT2D eigenvalue weighted by Gasteiger charge is -2.17. The molecule has 26 heavy (non-hydrogen) atoms. The zero-order valence-electron chi connectivity index (χ0n) is 14.7. The highest BCUT2D eigenvalue weighted by atomic mass is 79.9. The third-order valence-corrected chi connectivity index (χ3v) is 5.27. The summed E-state index contributed by atoms with van der Waals surface area (Å²) in [7, 11) is 0. The maximum absolute atomic E-state index is 12.7. The quantitative estimate of drug-likeness (QED) is 0.345. The Balaban J connectivity index is 1.59. The van der Waals surface area contributed by atoms with E-state index in [0.717, 1.165) is 18.4 Å². The number of anilines is 1. The largest absolute Gasteiger partial charge is 0.377 e. The van der Waals surface area contributed by atoms with Gasteiger partial charge in [0, 0.05) is 17.0 Å². The molecule has 0 spiro atoms. The molecule has 1 saturated carbocycles. The van der Waals surface area contributed by atoms with Crippen molar-refractivity contribution in [3.63, 3.8) is 0 Å². The highest BCUT2D eigenvalue weighted by Gasteiger charge is 2.61. The van der Waals surface area contributed by atoms with Crippen LogP contribution in [-0.2, 0) is 20.9 Å². The average Bonchev–Trinajstić information content (AvgIpc) is 3.17. The van der Waals surface area contributed by atoms with Gasteiger partial charge in [0.2, 0.25) is 5.91 Å². The first kappa shape index (κ1) is 19.2. The summed E-state index contributed by atoms with van der Waals surface area (Å²) >= 11 is 3.35. The molecule has 6 nitrogen and oxygen atoms in total. The number of amides is 1. The maximum Gasteiger partial charge on any atom is 0.242 e. The van der Waals surface area contributed by atoms with Crippen molar-refractivity contribution in [1.29, 1.82) is 0 Å². The zero-order chi connectivity index (χ0) is 18.6. The molecule has 1 aromatic rings. The second-order valence-electron chi connectivity index (χ2n) is 6.78. The molecule has 140 valence electrons. The van der Waals surface area contributed by atoms with E-state index in [2.05, 4.69) is 44.7 Å². The molecule has 3 atom stereocenters. The van der Waals surface area contributed by atoms with Crippen LogP contribution in [0.5, 0.6) is 0 Å². The van der Waals surface area contributed by atoms with Crippen molar-refractivity contribution >= 4 is 27.7 Å². The van der Waals surface area contributed by atoms with Gasteiger partial charge in [0.15, 0.2) is 0 Å². The number of carbonyl (C=O) groups is 1. The van der Waals surface area contributed by atoms with Gasteiger partial charge in [-0.15, -0.1) is 13.2 Å². The molecule has 1 aromatic heterocycles. The highest BCUT2D eigenvalue weighted by Crippen LogP contribution is 2.54. The van der Waals surface area contributed by atoms with E-state index in [1.54, 1.807) is 12.2 Å². The molecule has 0 unspecified atom stereocenters. The van der Waals surface area contributed by atoms with Crippen LogP contribution < -0.4 is 10.6 Å². The van der Waals surface area contributed by atoms with Crippen LogP contribution in [0.1, 0.15) is 18.4 Å². The van der Waals surface area contributed by atoms with Gasteiger partial charge in [-0.3, -0.25) is 4.79 Å². The van der Waals surface area contributed by atoms with Crippen molar-refractivity contribution in [2.75, 3.05) is 25.1 Å². The van der Waals surface area contributed by atoms with Crippen LogP contribution in [0.4, 0.5) is 5.82 Å². The fourth-order valence-electron chi connectivity index (χ4n) is 3.39. The summed E-state index contributed by atoms with van der Waals surface area (Å²) in [5.74, 6) is 0.448. The number of nitrogens with zero attached hydrogens (tertiary/aromatic N) is 1. The van der Waals surface area contributed by atoms with E-state index in [0.29, 0.717) is 42.9 Å². The molecule has 1 aliphatic heterocycles. The lowest BCUT2D eigenvalue weighted by molar-refractivity contribution is -0.118. The van der Waals surface area contributed by atoms with Crippen LogP contribution in [0.2, 0.25) is 0 Å². The second-order valence-corrected chi connectivity index (χ2v) is 7.59. The van der Waals surface area contributed by atoms with Crippen LogP contribution >= 0.6 is 15.9 Å². The summed E-state index contributed by atoms with van der Waals surface area (Å²) in [5, 5.41) is 6.34. The Bertz CT molecular complexity index is 697. The van der Waals surface area contributed by atoms with Gasteiger partial charge in [-0.05, 0) is 34.8 Å². The number of carbonyl (C=O) groups excluding carboxylic acids is 1. The Morgan fingerprint density at radius 3 is 2.88 bits per heavy atom. The fraction of sp³-hybridized carbons (Fsp3) is 0.474. The van der Waals surface area contributed by atoms with E-state index >= 15 is 0 Å². The number of hydrogen-bond acceptors (Lipinski definition) is 5. The van der Waals surface area contributed by atoms with Crippen molar-refractivity contribution in [3.05, 3.63) is 47.6 Å².